The van der Waals surface area contributed by atoms with Gasteiger partial charge in [0.05, 0.1) is 12.1 Å². The highest BCUT2D eigenvalue weighted by atomic mass is 79.9. The monoisotopic (exact) mass is 298 g/mol. The molecule has 17 heavy (non-hydrogen) atoms. The molecule has 1 aromatic rings. The van der Waals surface area contributed by atoms with Gasteiger partial charge in [0.2, 0.25) is 5.91 Å². The lowest BCUT2D eigenvalue weighted by Gasteiger charge is -2.20. The zero-order chi connectivity index (χ0) is 13.0. The summed E-state index contributed by atoms with van der Waals surface area (Å²) in [6.07, 6.45) is 0. The molecule has 1 amide bonds. The SMILES string of the molecule is CC(C)C(N)C(=O)N[C@H](C)c1ccccc1Br. The van der Waals surface area contributed by atoms with Crippen molar-refractivity contribution in [2.75, 3.05) is 0 Å². The summed E-state index contributed by atoms with van der Waals surface area (Å²) < 4.78 is 0.992. The number of carbonyl (C=O) groups is 1. The summed E-state index contributed by atoms with van der Waals surface area (Å²) in [7, 11) is 0. The van der Waals surface area contributed by atoms with Gasteiger partial charge in [-0.05, 0) is 24.5 Å². The fourth-order valence-corrected chi connectivity index (χ4v) is 2.14. The molecule has 3 N–H and O–H groups in total. The van der Waals surface area contributed by atoms with Crippen molar-refractivity contribution < 1.29 is 4.79 Å². The molecule has 0 bridgehead atoms. The van der Waals surface area contributed by atoms with Crippen molar-refractivity contribution in [1.29, 1.82) is 0 Å². The Morgan fingerprint density at radius 2 is 1.88 bits per heavy atom. The van der Waals surface area contributed by atoms with Crippen LogP contribution in [0.4, 0.5) is 0 Å². The van der Waals surface area contributed by atoms with E-state index < -0.39 is 6.04 Å². The van der Waals surface area contributed by atoms with Crippen LogP contribution in [-0.4, -0.2) is 11.9 Å². The van der Waals surface area contributed by atoms with E-state index in [1.54, 1.807) is 0 Å². The Kier molecular flexibility index (Phi) is 5.15. The van der Waals surface area contributed by atoms with E-state index in [1.807, 2.05) is 45.0 Å². The van der Waals surface area contributed by atoms with Gasteiger partial charge in [-0.25, -0.2) is 0 Å². The van der Waals surface area contributed by atoms with Crippen LogP contribution in [0, 0.1) is 5.92 Å². The van der Waals surface area contributed by atoms with Crippen molar-refractivity contribution in [3.63, 3.8) is 0 Å². The largest absolute Gasteiger partial charge is 0.348 e. The predicted molar refractivity (Wildman–Crippen MR) is 73.5 cm³/mol. The first-order valence-electron chi connectivity index (χ1n) is 5.74. The minimum absolute atomic E-state index is 0.0529. The van der Waals surface area contributed by atoms with E-state index >= 15 is 0 Å². The molecule has 1 rings (SSSR count). The fourth-order valence-electron chi connectivity index (χ4n) is 1.52. The number of hydrogen-bond donors (Lipinski definition) is 2. The Balaban J connectivity index is 2.70. The molecule has 3 nitrogen and oxygen atoms in total. The summed E-state index contributed by atoms with van der Waals surface area (Å²) in [5.74, 6) is 0.0321. The highest BCUT2D eigenvalue weighted by Crippen LogP contribution is 2.22. The molecule has 0 heterocycles. The molecule has 0 spiro atoms. The Hall–Kier alpha value is -0.870. The maximum absolute atomic E-state index is 11.8. The normalized spacial score (nSPS) is 14.5. The number of halogens is 1. The van der Waals surface area contributed by atoms with Gasteiger partial charge in [0.1, 0.15) is 0 Å². The van der Waals surface area contributed by atoms with Crippen LogP contribution in [0.3, 0.4) is 0 Å². The van der Waals surface area contributed by atoms with Gasteiger partial charge >= 0.3 is 0 Å². The van der Waals surface area contributed by atoms with Crippen molar-refractivity contribution in [2.45, 2.75) is 32.9 Å². The minimum Gasteiger partial charge on any atom is -0.348 e. The van der Waals surface area contributed by atoms with E-state index in [0.717, 1.165) is 10.0 Å². The van der Waals surface area contributed by atoms with Crippen LogP contribution in [0.25, 0.3) is 0 Å². The van der Waals surface area contributed by atoms with Crippen LogP contribution in [0.15, 0.2) is 28.7 Å². The summed E-state index contributed by atoms with van der Waals surface area (Å²) in [6, 6.07) is 7.33. The Morgan fingerprint density at radius 3 is 2.41 bits per heavy atom. The maximum Gasteiger partial charge on any atom is 0.237 e. The summed E-state index contributed by atoms with van der Waals surface area (Å²) >= 11 is 3.47. The lowest BCUT2D eigenvalue weighted by Crippen LogP contribution is -2.44. The van der Waals surface area contributed by atoms with E-state index in [9.17, 15) is 4.79 Å². The topological polar surface area (TPSA) is 55.1 Å². The second kappa shape index (κ2) is 6.17. The van der Waals surface area contributed by atoms with Crippen molar-refractivity contribution in [1.82, 2.24) is 5.32 Å². The lowest BCUT2D eigenvalue weighted by atomic mass is 10.0. The highest BCUT2D eigenvalue weighted by Gasteiger charge is 2.20. The van der Waals surface area contributed by atoms with Crippen molar-refractivity contribution in [3.05, 3.63) is 34.3 Å². The second-order valence-corrected chi connectivity index (χ2v) is 5.38. The number of hydrogen-bond acceptors (Lipinski definition) is 2. The van der Waals surface area contributed by atoms with E-state index in [2.05, 4.69) is 21.2 Å². The molecule has 94 valence electrons. The summed E-state index contributed by atoms with van der Waals surface area (Å²) in [6.45, 7) is 5.83. The molecule has 0 fully saturated rings. The van der Waals surface area contributed by atoms with Crippen LogP contribution in [-0.2, 0) is 4.79 Å². The van der Waals surface area contributed by atoms with Gasteiger partial charge in [0.25, 0.3) is 0 Å². The Bertz CT molecular complexity index is 393. The van der Waals surface area contributed by atoms with Crippen molar-refractivity contribution in [3.8, 4) is 0 Å². The lowest BCUT2D eigenvalue weighted by molar-refractivity contribution is -0.123. The quantitative estimate of drug-likeness (QED) is 0.898. The van der Waals surface area contributed by atoms with Gasteiger partial charge in [0.15, 0.2) is 0 Å². The molecule has 0 aliphatic heterocycles. The van der Waals surface area contributed by atoms with E-state index in [-0.39, 0.29) is 17.9 Å². The third-order valence-electron chi connectivity index (χ3n) is 2.75. The number of nitrogens with two attached hydrogens (primary N) is 1. The summed E-state index contributed by atoms with van der Waals surface area (Å²) in [5, 5.41) is 2.92. The molecule has 1 unspecified atom stereocenters. The average molecular weight is 299 g/mol. The van der Waals surface area contributed by atoms with Gasteiger partial charge in [-0.3, -0.25) is 4.79 Å². The standard InChI is InChI=1S/C13H19BrN2O/c1-8(2)12(15)13(17)16-9(3)10-6-4-5-7-11(10)14/h4-9,12H,15H2,1-3H3,(H,16,17)/t9-,12?/m1/s1. The number of nitrogens with one attached hydrogen (secondary N) is 1. The minimum atomic E-state index is -0.458. The first kappa shape index (κ1) is 14.2. The van der Waals surface area contributed by atoms with Gasteiger partial charge < -0.3 is 11.1 Å². The number of rotatable bonds is 4. The second-order valence-electron chi connectivity index (χ2n) is 4.52. The van der Waals surface area contributed by atoms with Crippen LogP contribution in [0.5, 0.6) is 0 Å². The molecular weight excluding hydrogens is 280 g/mol. The van der Waals surface area contributed by atoms with Crippen LogP contribution in [0.2, 0.25) is 0 Å². The molecule has 0 radical (unpaired) electrons. The van der Waals surface area contributed by atoms with Gasteiger partial charge in [-0.2, -0.15) is 0 Å². The molecule has 0 saturated heterocycles. The summed E-state index contributed by atoms with van der Waals surface area (Å²) in [5.41, 5.74) is 6.85. The molecular formula is C13H19BrN2O. The molecule has 0 aliphatic carbocycles. The molecule has 2 atom stereocenters. The van der Waals surface area contributed by atoms with E-state index in [1.165, 1.54) is 0 Å². The van der Waals surface area contributed by atoms with Crippen LogP contribution < -0.4 is 11.1 Å². The van der Waals surface area contributed by atoms with Crippen molar-refractivity contribution in [2.24, 2.45) is 11.7 Å². The number of carbonyl (C=O) groups excluding carboxylic acids is 1. The van der Waals surface area contributed by atoms with Crippen LogP contribution >= 0.6 is 15.9 Å². The van der Waals surface area contributed by atoms with Crippen molar-refractivity contribution >= 4 is 21.8 Å². The molecule has 4 heteroatoms. The molecule has 0 aromatic heterocycles. The Labute approximate surface area is 111 Å². The van der Waals surface area contributed by atoms with E-state index in [4.69, 9.17) is 5.73 Å². The zero-order valence-electron chi connectivity index (χ0n) is 10.4. The molecule has 1 aromatic carbocycles. The van der Waals surface area contributed by atoms with Gasteiger partial charge in [-0.15, -0.1) is 0 Å². The van der Waals surface area contributed by atoms with E-state index in [0.29, 0.717) is 0 Å². The molecule has 0 aliphatic rings. The maximum atomic E-state index is 11.8. The number of benzene rings is 1. The third-order valence-corrected chi connectivity index (χ3v) is 3.47. The first-order valence-corrected chi connectivity index (χ1v) is 6.53. The molecule has 0 saturated carbocycles. The first-order chi connectivity index (χ1) is 7.93. The third kappa shape index (κ3) is 3.82. The zero-order valence-corrected chi connectivity index (χ0v) is 12.0. The Morgan fingerprint density at radius 1 is 1.29 bits per heavy atom. The van der Waals surface area contributed by atoms with Gasteiger partial charge in [-0.1, -0.05) is 48.0 Å². The average Bonchev–Trinajstić information content (AvgIpc) is 2.28. The fraction of sp³-hybridized carbons (Fsp3) is 0.462. The highest BCUT2D eigenvalue weighted by molar-refractivity contribution is 9.10. The number of amides is 1. The van der Waals surface area contributed by atoms with Crippen LogP contribution in [0.1, 0.15) is 32.4 Å². The summed E-state index contributed by atoms with van der Waals surface area (Å²) in [4.78, 5) is 11.8. The smallest absolute Gasteiger partial charge is 0.237 e. The van der Waals surface area contributed by atoms with Gasteiger partial charge in [0, 0.05) is 4.47 Å². The predicted octanol–water partition coefficient (Wildman–Crippen LogP) is 2.61.